The Morgan fingerprint density at radius 1 is 1.00 bits per heavy atom. The summed E-state index contributed by atoms with van der Waals surface area (Å²) in [5.74, 6) is -4.13. The second-order valence-corrected chi connectivity index (χ2v) is 4.23. The zero-order chi connectivity index (χ0) is 15.0. The number of carbonyl (C=O) groups is 2. The van der Waals surface area contributed by atoms with Crippen molar-refractivity contribution in [2.45, 2.75) is 25.9 Å². The molecule has 0 aliphatic carbocycles. The fourth-order valence-corrected chi connectivity index (χ4v) is 1.25. The van der Waals surface area contributed by atoms with Gasteiger partial charge < -0.3 is 31.3 Å². The third-order valence-corrected chi connectivity index (χ3v) is 2.40. The average Bonchev–Trinajstić information content (AvgIpc) is 2.38. The minimum atomic E-state index is -2.19. The topological polar surface area (TPSA) is 128 Å². The summed E-state index contributed by atoms with van der Waals surface area (Å²) >= 11 is 0. The van der Waals surface area contributed by atoms with Crippen LogP contribution < -0.4 is 10.2 Å². The van der Waals surface area contributed by atoms with Crippen LogP contribution in [0.15, 0.2) is 30.3 Å². The number of carbonyl (C=O) groups excluding carboxylic acids is 2. The maximum absolute atomic E-state index is 8.93. The summed E-state index contributed by atoms with van der Waals surface area (Å²) in [4.78, 5) is 17.9. The molecule has 0 radical (unpaired) electrons. The van der Waals surface area contributed by atoms with Crippen LogP contribution in [-0.2, 0) is 30.7 Å². The number of carboxylic acid groups (broad SMARTS) is 2. The Balaban J connectivity index is 0. The van der Waals surface area contributed by atoms with Crippen molar-refractivity contribution in [2.24, 2.45) is 5.92 Å². The molecule has 0 saturated heterocycles. The van der Waals surface area contributed by atoms with Gasteiger partial charge in [-0.15, -0.1) is 12.1 Å². The molecule has 0 aliphatic rings. The summed E-state index contributed by atoms with van der Waals surface area (Å²) < 4.78 is 0. The monoisotopic (exact) mass is 459 g/mol. The van der Waals surface area contributed by atoms with Gasteiger partial charge in [-0.25, -0.2) is 0 Å². The summed E-state index contributed by atoms with van der Waals surface area (Å²) in [5, 5.41) is 17.9. The second kappa shape index (κ2) is 10.5. The molecular weight excluding hydrogens is 443 g/mol. The van der Waals surface area contributed by atoms with Crippen molar-refractivity contribution in [1.29, 1.82) is 0 Å². The predicted octanol–water partition coefficient (Wildman–Crippen LogP) is 0.340. The van der Waals surface area contributed by atoms with Gasteiger partial charge in [-0.3, -0.25) is 0 Å². The molecule has 20 heavy (non-hydrogen) atoms. The van der Waals surface area contributed by atoms with Crippen LogP contribution in [-0.4, -0.2) is 18.0 Å². The van der Waals surface area contributed by atoms with Gasteiger partial charge in [0.15, 0.2) is 0 Å². The average molecular weight is 459 g/mol. The SMILES string of the molecule is CC(C)[C@@H]([NH-])[C@H]([NH-])c1ccccc1.O=C([O-])C(=O)[O-].[Pt+4]. The smallest absolute Gasteiger partial charge is 0.675 e. The van der Waals surface area contributed by atoms with Crippen LogP contribution in [0.1, 0.15) is 25.5 Å². The number of nitrogens with one attached hydrogen (secondary N) is 2. The summed E-state index contributed by atoms with van der Waals surface area (Å²) in [6.07, 6.45) is 0. The number of benzene rings is 1. The first-order chi connectivity index (χ1) is 8.77. The van der Waals surface area contributed by atoms with Crippen LogP contribution in [0.3, 0.4) is 0 Å². The fourth-order valence-electron chi connectivity index (χ4n) is 1.25. The maximum atomic E-state index is 8.93. The Morgan fingerprint density at radius 2 is 1.40 bits per heavy atom. The summed E-state index contributed by atoms with van der Waals surface area (Å²) in [6.45, 7) is 3.98. The molecule has 6 nitrogen and oxygen atoms in total. The van der Waals surface area contributed by atoms with E-state index in [1.54, 1.807) is 0 Å². The summed E-state index contributed by atoms with van der Waals surface area (Å²) in [6, 6.07) is 8.87. The molecule has 2 N–H and O–H groups in total. The van der Waals surface area contributed by atoms with Gasteiger partial charge in [0.25, 0.3) is 0 Å². The third-order valence-electron chi connectivity index (χ3n) is 2.40. The van der Waals surface area contributed by atoms with E-state index in [9.17, 15) is 0 Å². The Kier molecular flexibility index (Phi) is 11.1. The van der Waals surface area contributed by atoms with Gasteiger partial charge in [0.05, 0.1) is 11.9 Å². The van der Waals surface area contributed by atoms with E-state index in [1.807, 2.05) is 44.2 Å². The van der Waals surface area contributed by atoms with E-state index in [4.69, 9.17) is 31.3 Å². The van der Waals surface area contributed by atoms with Gasteiger partial charge in [0.1, 0.15) is 0 Å². The molecule has 0 spiro atoms. The Bertz CT molecular complexity index is 400. The normalized spacial score (nSPS) is 12.4. The Labute approximate surface area is 132 Å². The van der Waals surface area contributed by atoms with Crippen LogP contribution in [0, 0.1) is 5.92 Å². The molecule has 0 unspecified atom stereocenters. The quantitative estimate of drug-likeness (QED) is 0.604. The van der Waals surface area contributed by atoms with E-state index >= 15 is 0 Å². The van der Waals surface area contributed by atoms with E-state index in [-0.39, 0.29) is 33.0 Å². The van der Waals surface area contributed by atoms with Gasteiger partial charge in [-0.1, -0.05) is 55.7 Å². The van der Waals surface area contributed by atoms with E-state index in [2.05, 4.69) is 0 Å². The molecule has 0 heterocycles. The van der Waals surface area contributed by atoms with Gasteiger partial charge in [-0.2, -0.15) is 0 Å². The van der Waals surface area contributed by atoms with Crippen molar-refractivity contribution in [2.75, 3.05) is 0 Å². The second-order valence-electron chi connectivity index (χ2n) is 4.23. The van der Waals surface area contributed by atoms with Gasteiger partial charge >= 0.3 is 21.1 Å². The molecule has 0 aromatic heterocycles. The van der Waals surface area contributed by atoms with Gasteiger partial charge in [0.2, 0.25) is 0 Å². The molecule has 0 fully saturated rings. The molecule has 112 valence electrons. The maximum Gasteiger partial charge on any atom is 4.00 e. The zero-order valence-electron chi connectivity index (χ0n) is 11.1. The van der Waals surface area contributed by atoms with Crippen molar-refractivity contribution in [3.8, 4) is 0 Å². The first-order valence-corrected chi connectivity index (χ1v) is 5.66. The number of aliphatic carboxylic acids is 2. The molecule has 0 aliphatic heterocycles. The molecule has 1 aromatic carbocycles. The van der Waals surface area contributed by atoms with Crippen molar-refractivity contribution >= 4 is 11.9 Å². The summed E-state index contributed by atoms with van der Waals surface area (Å²) in [7, 11) is 0. The molecular formula is C13H16N2O4Pt. The van der Waals surface area contributed by atoms with Crippen molar-refractivity contribution < 1.29 is 40.9 Å². The number of rotatable bonds is 3. The number of hydrogen-bond acceptors (Lipinski definition) is 4. The minimum Gasteiger partial charge on any atom is -0.675 e. The van der Waals surface area contributed by atoms with Crippen LogP contribution in [0.2, 0.25) is 0 Å². The molecule has 7 heteroatoms. The number of carboxylic acids is 2. The van der Waals surface area contributed by atoms with Crippen molar-refractivity contribution in [3.05, 3.63) is 47.4 Å². The van der Waals surface area contributed by atoms with E-state index < -0.39 is 18.0 Å². The fraction of sp³-hybridized carbons (Fsp3) is 0.385. The largest absolute Gasteiger partial charge is 4.00 e. The van der Waals surface area contributed by atoms with Crippen LogP contribution in [0.25, 0.3) is 11.5 Å². The third kappa shape index (κ3) is 8.04. The molecule has 0 amide bonds. The summed E-state index contributed by atoms with van der Waals surface area (Å²) in [5.41, 5.74) is 16.6. The van der Waals surface area contributed by atoms with E-state index in [1.165, 1.54) is 0 Å². The predicted molar refractivity (Wildman–Crippen MR) is 66.5 cm³/mol. The standard InChI is InChI=1S/C11H16N2.C2H2O4.Pt/c1-8(2)10(12)11(13)9-6-4-3-5-7-9;3-1(4)2(5)6;/h3-8,10-13H,1-2H3;(H,3,4)(H,5,6);/q-2;;+4/p-2/t10-,11-;;/m1../s1. The van der Waals surface area contributed by atoms with Crippen molar-refractivity contribution in [3.63, 3.8) is 0 Å². The Hall–Kier alpha value is -1.23. The first kappa shape index (κ1) is 21.1. The zero-order valence-corrected chi connectivity index (χ0v) is 13.3. The first-order valence-electron chi connectivity index (χ1n) is 5.66. The van der Waals surface area contributed by atoms with Gasteiger partial charge in [-0.05, 0) is 0 Å². The molecule has 1 aromatic rings. The van der Waals surface area contributed by atoms with Gasteiger partial charge in [0, 0.05) is 0 Å². The van der Waals surface area contributed by atoms with E-state index in [0.717, 1.165) is 5.56 Å². The molecule has 1 rings (SSSR count). The van der Waals surface area contributed by atoms with Crippen LogP contribution >= 0.6 is 0 Å². The van der Waals surface area contributed by atoms with Crippen LogP contribution in [0.4, 0.5) is 0 Å². The molecule has 0 saturated carbocycles. The minimum absolute atomic E-state index is 0. The molecule has 0 bridgehead atoms. The van der Waals surface area contributed by atoms with Crippen LogP contribution in [0.5, 0.6) is 0 Å². The molecule has 2 atom stereocenters. The van der Waals surface area contributed by atoms with E-state index in [0.29, 0.717) is 0 Å². The number of hydrogen-bond donors (Lipinski definition) is 0. The van der Waals surface area contributed by atoms with Crippen molar-refractivity contribution in [1.82, 2.24) is 0 Å². The Morgan fingerprint density at radius 3 is 1.70 bits per heavy atom.